The molecule has 1 fully saturated rings. The van der Waals surface area contributed by atoms with Crippen LogP contribution >= 0.6 is 0 Å². The minimum Gasteiger partial charge on any atom is -0.354 e. The standard InChI is InChI=1S/C23H27FN2/c1-26(19-10-3-2-4-11-19)15-14-21-20-12-5-6-13-22(20)25-23(21)17-8-7-9-18(24)16-17/h5-9,12-13,16,19,25H,2-4,10-11,14-15H2,1H3. The lowest BCUT2D eigenvalue weighted by atomic mass is 9.94. The van der Waals surface area contributed by atoms with Crippen LogP contribution in [-0.4, -0.2) is 29.5 Å². The molecule has 2 nitrogen and oxygen atoms in total. The number of nitrogens with zero attached hydrogens (tertiary/aromatic N) is 1. The highest BCUT2D eigenvalue weighted by Crippen LogP contribution is 2.31. The zero-order valence-corrected chi connectivity index (χ0v) is 15.5. The summed E-state index contributed by atoms with van der Waals surface area (Å²) in [5.41, 5.74) is 4.41. The molecular formula is C23H27FN2. The summed E-state index contributed by atoms with van der Waals surface area (Å²) in [6, 6.07) is 16.0. The van der Waals surface area contributed by atoms with Crippen molar-refractivity contribution in [3.05, 3.63) is 59.9 Å². The fraction of sp³-hybridized carbons (Fsp3) is 0.391. The number of halogens is 1. The van der Waals surface area contributed by atoms with Crippen LogP contribution in [0, 0.1) is 5.82 Å². The highest BCUT2D eigenvalue weighted by Gasteiger charge is 2.19. The van der Waals surface area contributed by atoms with Gasteiger partial charge < -0.3 is 9.88 Å². The number of aromatic amines is 1. The maximum Gasteiger partial charge on any atom is 0.123 e. The molecule has 136 valence electrons. The van der Waals surface area contributed by atoms with Crippen molar-refractivity contribution in [2.45, 2.75) is 44.6 Å². The van der Waals surface area contributed by atoms with Gasteiger partial charge >= 0.3 is 0 Å². The van der Waals surface area contributed by atoms with Crippen molar-refractivity contribution in [3.63, 3.8) is 0 Å². The number of para-hydroxylation sites is 1. The summed E-state index contributed by atoms with van der Waals surface area (Å²) in [5, 5.41) is 1.25. The van der Waals surface area contributed by atoms with Crippen LogP contribution in [0.1, 0.15) is 37.7 Å². The minimum atomic E-state index is -0.188. The van der Waals surface area contributed by atoms with Crippen molar-refractivity contribution in [3.8, 4) is 11.3 Å². The van der Waals surface area contributed by atoms with E-state index in [-0.39, 0.29) is 5.82 Å². The summed E-state index contributed by atoms with van der Waals surface area (Å²) in [5.74, 6) is -0.188. The van der Waals surface area contributed by atoms with Crippen LogP contribution < -0.4 is 0 Å². The quantitative estimate of drug-likeness (QED) is 0.618. The van der Waals surface area contributed by atoms with Gasteiger partial charge in [-0.25, -0.2) is 4.39 Å². The van der Waals surface area contributed by atoms with Crippen LogP contribution in [0.25, 0.3) is 22.2 Å². The van der Waals surface area contributed by atoms with E-state index in [1.54, 1.807) is 12.1 Å². The number of rotatable bonds is 5. The van der Waals surface area contributed by atoms with Crippen molar-refractivity contribution in [2.24, 2.45) is 0 Å². The Bertz CT molecular complexity index is 877. The normalized spacial score (nSPS) is 15.8. The van der Waals surface area contributed by atoms with Gasteiger partial charge in [0.05, 0.1) is 0 Å². The highest BCUT2D eigenvalue weighted by atomic mass is 19.1. The second kappa shape index (κ2) is 7.63. The molecule has 0 spiro atoms. The van der Waals surface area contributed by atoms with Gasteiger partial charge in [0.25, 0.3) is 0 Å². The number of hydrogen-bond donors (Lipinski definition) is 1. The number of hydrogen-bond acceptors (Lipinski definition) is 1. The number of aromatic nitrogens is 1. The Morgan fingerprint density at radius 1 is 1.04 bits per heavy atom. The summed E-state index contributed by atoms with van der Waals surface area (Å²) < 4.78 is 13.8. The Balaban J connectivity index is 1.63. The molecule has 1 heterocycles. The smallest absolute Gasteiger partial charge is 0.123 e. The molecule has 1 aliphatic carbocycles. The van der Waals surface area contributed by atoms with Crippen molar-refractivity contribution < 1.29 is 4.39 Å². The molecule has 0 radical (unpaired) electrons. The molecule has 1 aliphatic rings. The Morgan fingerprint density at radius 3 is 2.65 bits per heavy atom. The Labute approximate surface area is 155 Å². The van der Waals surface area contributed by atoms with E-state index in [1.807, 2.05) is 12.1 Å². The average molecular weight is 350 g/mol. The van der Waals surface area contributed by atoms with Gasteiger partial charge in [-0.1, -0.05) is 49.6 Å². The Kier molecular flexibility index (Phi) is 5.07. The second-order valence-electron chi connectivity index (χ2n) is 7.56. The van der Waals surface area contributed by atoms with Crippen LogP contribution in [-0.2, 0) is 6.42 Å². The molecule has 0 aliphatic heterocycles. The van der Waals surface area contributed by atoms with Crippen molar-refractivity contribution >= 4 is 10.9 Å². The third-order valence-electron chi connectivity index (χ3n) is 5.84. The Hall–Kier alpha value is -2.13. The predicted octanol–water partition coefficient (Wildman–Crippen LogP) is 5.78. The van der Waals surface area contributed by atoms with E-state index in [4.69, 9.17) is 0 Å². The van der Waals surface area contributed by atoms with Crippen LogP contribution in [0.2, 0.25) is 0 Å². The third kappa shape index (κ3) is 3.54. The van der Waals surface area contributed by atoms with Gasteiger partial charge in [0.1, 0.15) is 5.82 Å². The van der Waals surface area contributed by atoms with Crippen LogP contribution in [0.15, 0.2) is 48.5 Å². The van der Waals surface area contributed by atoms with E-state index < -0.39 is 0 Å². The number of benzene rings is 2. The van der Waals surface area contributed by atoms with Gasteiger partial charge in [0.15, 0.2) is 0 Å². The van der Waals surface area contributed by atoms with Gasteiger partial charge in [0, 0.05) is 34.7 Å². The molecule has 0 atom stereocenters. The maximum absolute atomic E-state index is 13.8. The summed E-state index contributed by atoms with van der Waals surface area (Å²) >= 11 is 0. The lowest BCUT2D eigenvalue weighted by molar-refractivity contribution is 0.194. The molecule has 1 N–H and O–H groups in total. The first-order chi connectivity index (χ1) is 12.7. The SMILES string of the molecule is CN(CCc1c(-c2cccc(F)c2)[nH]c2ccccc12)C1CCCCC1. The van der Waals surface area contributed by atoms with E-state index in [0.717, 1.165) is 29.7 Å². The summed E-state index contributed by atoms with van der Waals surface area (Å²) in [6.45, 7) is 1.04. The summed E-state index contributed by atoms with van der Waals surface area (Å²) in [6.07, 6.45) is 7.72. The highest BCUT2D eigenvalue weighted by molar-refractivity contribution is 5.90. The molecule has 3 heteroatoms. The monoisotopic (exact) mass is 350 g/mol. The lowest BCUT2D eigenvalue weighted by Gasteiger charge is -2.31. The maximum atomic E-state index is 13.8. The van der Waals surface area contributed by atoms with E-state index >= 15 is 0 Å². The first kappa shape index (κ1) is 17.3. The van der Waals surface area contributed by atoms with Gasteiger partial charge in [0.2, 0.25) is 0 Å². The number of H-pyrrole nitrogens is 1. The summed E-state index contributed by atoms with van der Waals surface area (Å²) in [4.78, 5) is 6.05. The molecule has 0 unspecified atom stereocenters. The molecule has 0 bridgehead atoms. The van der Waals surface area contributed by atoms with Crippen molar-refractivity contribution in [2.75, 3.05) is 13.6 Å². The molecule has 1 saturated carbocycles. The minimum absolute atomic E-state index is 0.188. The molecule has 1 aromatic heterocycles. The van der Waals surface area contributed by atoms with E-state index in [2.05, 4.69) is 35.1 Å². The van der Waals surface area contributed by atoms with Gasteiger partial charge in [-0.15, -0.1) is 0 Å². The number of likely N-dealkylation sites (N-methyl/N-ethyl adjacent to an activating group) is 1. The molecule has 4 rings (SSSR count). The second-order valence-corrected chi connectivity index (χ2v) is 7.56. The molecule has 2 aromatic carbocycles. The largest absolute Gasteiger partial charge is 0.354 e. The number of nitrogens with one attached hydrogen (secondary N) is 1. The van der Waals surface area contributed by atoms with Crippen molar-refractivity contribution in [1.82, 2.24) is 9.88 Å². The van der Waals surface area contributed by atoms with Crippen molar-refractivity contribution in [1.29, 1.82) is 0 Å². The van der Waals surface area contributed by atoms with Crippen LogP contribution in [0.4, 0.5) is 4.39 Å². The lowest BCUT2D eigenvalue weighted by Crippen LogP contribution is -2.34. The fourth-order valence-electron chi connectivity index (χ4n) is 4.34. The van der Waals surface area contributed by atoms with E-state index in [0.29, 0.717) is 6.04 Å². The number of fused-ring (bicyclic) bond motifs is 1. The zero-order chi connectivity index (χ0) is 17.9. The molecule has 0 saturated heterocycles. The first-order valence-electron chi connectivity index (χ1n) is 9.78. The molecule has 3 aromatic rings. The summed E-state index contributed by atoms with van der Waals surface area (Å²) in [7, 11) is 2.26. The zero-order valence-electron chi connectivity index (χ0n) is 15.5. The van der Waals surface area contributed by atoms with E-state index in [1.165, 1.54) is 49.1 Å². The molecule has 26 heavy (non-hydrogen) atoms. The third-order valence-corrected chi connectivity index (χ3v) is 5.84. The average Bonchev–Trinajstić information content (AvgIpc) is 3.05. The van der Waals surface area contributed by atoms with Gasteiger partial charge in [-0.3, -0.25) is 0 Å². The van der Waals surface area contributed by atoms with Crippen LogP contribution in [0.3, 0.4) is 0 Å². The van der Waals surface area contributed by atoms with Gasteiger partial charge in [-0.05, 0) is 50.1 Å². The molecule has 0 amide bonds. The molecular weight excluding hydrogens is 323 g/mol. The topological polar surface area (TPSA) is 19.0 Å². The Morgan fingerprint density at radius 2 is 1.85 bits per heavy atom. The fourth-order valence-corrected chi connectivity index (χ4v) is 4.34. The van der Waals surface area contributed by atoms with E-state index in [9.17, 15) is 4.39 Å². The van der Waals surface area contributed by atoms with Crippen LogP contribution in [0.5, 0.6) is 0 Å². The van der Waals surface area contributed by atoms with Gasteiger partial charge in [-0.2, -0.15) is 0 Å². The predicted molar refractivity (Wildman–Crippen MR) is 107 cm³/mol. The first-order valence-corrected chi connectivity index (χ1v) is 9.78.